The minimum absolute atomic E-state index is 0.240. The number of piperidine rings is 2. The molecule has 1 aliphatic carbocycles. The first-order valence-electron chi connectivity index (χ1n) is 13.2. The summed E-state index contributed by atoms with van der Waals surface area (Å²) < 4.78 is 21.1. The fraction of sp³-hybridized carbons (Fsp3) is 0.571. The Kier molecular flexibility index (Phi) is 7.44. The van der Waals surface area contributed by atoms with Gasteiger partial charge >= 0.3 is 6.09 Å². The average Bonchev–Trinajstić information content (AvgIpc) is 3.68. The van der Waals surface area contributed by atoms with Crippen LogP contribution in [0.3, 0.4) is 0 Å². The number of likely N-dealkylation sites (tertiary alicyclic amines) is 1. The summed E-state index contributed by atoms with van der Waals surface area (Å²) in [5.41, 5.74) is 1.76. The third-order valence-corrected chi connectivity index (χ3v) is 8.22. The maximum atomic E-state index is 15.9. The van der Waals surface area contributed by atoms with E-state index in [0.717, 1.165) is 55.8 Å². The molecule has 0 spiro atoms. The number of methoxy groups -OCH3 is 1. The Morgan fingerprint density at radius 1 is 1.25 bits per heavy atom. The summed E-state index contributed by atoms with van der Waals surface area (Å²) in [5, 5.41) is 16.5. The predicted octanol–water partition coefficient (Wildman–Crippen LogP) is 4.44. The Labute approximate surface area is 212 Å². The number of ether oxygens (including phenoxy) is 1. The second-order valence-electron chi connectivity index (χ2n) is 10.7. The van der Waals surface area contributed by atoms with E-state index in [1.165, 1.54) is 10.5 Å². The standard InChI is InChI=1S/C28H37FN4O3/c1-36-23-5-2-20(3-6-23)25-7-4-21(17-31-25)24-15-26(24)32-18-28(29)10-13-33(27(34)35)22(16-28)14-19-8-11-30-12-9-19/h2-7,17,19,22,24,26,30,32H,8-16,18H2,1H3,(H,34,35). The van der Waals surface area contributed by atoms with Crippen LogP contribution in [0.4, 0.5) is 9.18 Å². The van der Waals surface area contributed by atoms with Crippen molar-refractivity contribution >= 4 is 6.09 Å². The molecule has 5 rings (SSSR count). The fourth-order valence-electron chi connectivity index (χ4n) is 5.92. The second kappa shape index (κ2) is 10.7. The largest absolute Gasteiger partial charge is 0.497 e. The van der Waals surface area contributed by atoms with Gasteiger partial charge in [0.15, 0.2) is 0 Å². The van der Waals surface area contributed by atoms with Crippen LogP contribution in [0.1, 0.15) is 50.0 Å². The van der Waals surface area contributed by atoms with Crippen LogP contribution in [0.15, 0.2) is 42.6 Å². The van der Waals surface area contributed by atoms with Crippen molar-refractivity contribution in [3.8, 4) is 17.0 Å². The van der Waals surface area contributed by atoms with E-state index in [1.54, 1.807) is 7.11 Å². The van der Waals surface area contributed by atoms with Crippen LogP contribution in [0.2, 0.25) is 0 Å². The molecule has 1 aromatic carbocycles. The van der Waals surface area contributed by atoms with E-state index in [1.807, 2.05) is 36.5 Å². The fourth-order valence-corrected chi connectivity index (χ4v) is 5.92. The molecule has 2 aliphatic heterocycles. The van der Waals surface area contributed by atoms with Gasteiger partial charge < -0.3 is 25.4 Å². The Bertz CT molecular complexity index is 1030. The molecule has 3 aliphatic rings. The Balaban J connectivity index is 1.14. The lowest BCUT2D eigenvalue weighted by Gasteiger charge is -2.43. The van der Waals surface area contributed by atoms with Gasteiger partial charge in [-0.25, -0.2) is 9.18 Å². The number of pyridine rings is 1. The maximum Gasteiger partial charge on any atom is 0.407 e. The molecule has 7 nitrogen and oxygen atoms in total. The number of aromatic nitrogens is 1. The number of nitrogens with zero attached hydrogens (tertiary/aromatic N) is 2. The highest BCUT2D eigenvalue weighted by atomic mass is 19.1. The molecule has 36 heavy (non-hydrogen) atoms. The first-order valence-corrected chi connectivity index (χ1v) is 13.2. The normalized spacial score (nSPS) is 28.6. The molecule has 4 atom stereocenters. The minimum atomic E-state index is -1.37. The first-order chi connectivity index (χ1) is 17.4. The molecule has 3 fully saturated rings. The summed E-state index contributed by atoms with van der Waals surface area (Å²) in [4.78, 5) is 17.9. The summed E-state index contributed by atoms with van der Waals surface area (Å²) in [6, 6.07) is 12.0. The lowest BCUT2D eigenvalue weighted by molar-refractivity contribution is 0.0131. The van der Waals surface area contributed by atoms with Crippen molar-refractivity contribution < 1.29 is 19.0 Å². The van der Waals surface area contributed by atoms with Crippen molar-refractivity contribution in [2.45, 2.75) is 62.2 Å². The number of carbonyl (C=O) groups is 1. The molecule has 0 bridgehead atoms. The monoisotopic (exact) mass is 496 g/mol. The van der Waals surface area contributed by atoms with Gasteiger partial charge in [0, 0.05) is 55.7 Å². The maximum absolute atomic E-state index is 15.9. The van der Waals surface area contributed by atoms with Gasteiger partial charge in [-0.1, -0.05) is 6.07 Å². The first kappa shape index (κ1) is 25.0. The number of rotatable bonds is 8. The molecule has 1 amide bonds. The number of benzene rings is 1. The van der Waals surface area contributed by atoms with Crippen LogP contribution in [0, 0.1) is 5.92 Å². The molecule has 3 N–H and O–H groups in total. The van der Waals surface area contributed by atoms with Gasteiger partial charge in [0.1, 0.15) is 11.4 Å². The summed E-state index contributed by atoms with van der Waals surface area (Å²) in [7, 11) is 1.65. The van der Waals surface area contributed by atoms with Gasteiger partial charge in [-0.3, -0.25) is 4.98 Å². The third-order valence-electron chi connectivity index (χ3n) is 8.22. The zero-order valence-corrected chi connectivity index (χ0v) is 21.0. The molecule has 194 valence electrons. The number of amides is 1. The highest BCUT2D eigenvalue weighted by Crippen LogP contribution is 2.42. The number of carboxylic acid groups (broad SMARTS) is 1. The van der Waals surface area contributed by atoms with E-state index in [2.05, 4.69) is 21.7 Å². The molecule has 0 radical (unpaired) electrons. The van der Waals surface area contributed by atoms with E-state index in [-0.39, 0.29) is 38.0 Å². The van der Waals surface area contributed by atoms with Crippen LogP contribution < -0.4 is 15.4 Å². The molecule has 4 unspecified atom stereocenters. The Morgan fingerprint density at radius 2 is 2.03 bits per heavy atom. The van der Waals surface area contributed by atoms with Crippen molar-refractivity contribution in [3.05, 3.63) is 48.2 Å². The summed E-state index contributed by atoms with van der Waals surface area (Å²) in [6.07, 6.45) is 5.36. The molecule has 8 heteroatoms. The van der Waals surface area contributed by atoms with E-state index < -0.39 is 11.8 Å². The summed E-state index contributed by atoms with van der Waals surface area (Å²) in [6.45, 7) is 2.48. The van der Waals surface area contributed by atoms with Crippen molar-refractivity contribution in [3.63, 3.8) is 0 Å². The lowest BCUT2D eigenvalue weighted by atomic mass is 9.81. The van der Waals surface area contributed by atoms with Crippen LogP contribution in [0.5, 0.6) is 5.75 Å². The molecular formula is C28H37FN4O3. The SMILES string of the molecule is COc1ccc(-c2ccc(C3CC3NCC3(F)CCN(C(=O)O)C(CC4CCNCC4)C3)cn2)cc1. The van der Waals surface area contributed by atoms with Gasteiger partial charge in [0.05, 0.1) is 12.8 Å². The molecule has 2 aromatic rings. The van der Waals surface area contributed by atoms with Gasteiger partial charge in [-0.15, -0.1) is 0 Å². The Hall–Kier alpha value is -2.71. The summed E-state index contributed by atoms with van der Waals surface area (Å²) in [5.74, 6) is 1.63. The minimum Gasteiger partial charge on any atom is -0.497 e. The van der Waals surface area contributed by atoms with Crippen LogP contribution in [0.25, 0.3) is 11.3 Å². The number of alkyl halides is 1. The van der Waals surface area contributed by atoms with Gasteiger partial charge in [0.25, 0.3) is 0 Å². The zero-order chi connectivity index (χ0) is 25.1. The van der Waals surface area contributed by atoms with Crippen molar-refractivity contribution in [1.82, 2.24) is 20.5 Å². The molecule has 2 saturated heterocycles. The zero-order valence-electron chi connectivity index (χ0n) is 21.0. The van der Waals surface area contributed by atoms with Gasteiger partial charge in [0.2, 0.25) is 0 Å². The average molecular weight is 497 g/mol. The number of hydrogen-bond acceptors (Lipinski definition) is 5. The van der Waals surface area contributed by atoms with Gasteiger partial charge in [-0.2, -0.15) is 0 Å². The second-order valence-corrected chi connectivity index (χ2v) is 10.7. The highest BCUT2D eigenvalue weighted by Gasteiger charge is 2.45. The lowest BCUT2D eigenvalue weighted by Crippen LogP contribution is -2.54. The molecule has 3 heterocycles. The molecule has 1 aromatic heterocycles. The van der Waals surface area contributed by atoms with Crippen LogP contribution in [-0.2, 0) is 0 Å². The van der Waals surface area contributed by atoms with Crippen LogP contribution in [-0.4, -0.2) is 72.1 Å². The highest BCUT2D eigenvalue weighted by molar-refractivity contribution is 5.65. The quantitative estimate of drug-likeness (QED) is 0.501. The molecule has 1 saturated carbocycles. The number of halogens is 1. The predicted molar refractivity (Wildman–Crippen MR) is 137 cm³/mol. The van der Waals surface area contributed by atoms with Crippen molar-refractivity contribution in [2.75, 3.05) is 33.3 Å². The topological polar surface area (TPSA) is 86.7 Å². The Morgan fingerprint density at radius 3 is 2.69 bits per heavy atom. The number of hydrogen-bond donors (Lipinski definition) is 3. The van der Waals surface area contributed by atoms with E-state index in [9.17, 15) is 9.90 Å². The van der Waals surface area contributed by atoms with Crippen molar-refractivity contribution in [2.24, 2.45) is 5.92 Å². The van der Waals surface area contributed by atoms with E-state index in [4.69, 9.17) is 4.74 Å². The number of nitrogens with one attached hydrogen (secondary N) is 2. The van der Waals surface area contributed by atoms with Gasteiger partial charge in [-0.05, 0) is 80.6 Å². The van der Waals surface area contributed by atoms with Crippen molar-refractivity contribution in [1.29, 1.82) is 0 Å². The van der Waals surface area contributed by atoms with E-state index >= 15 is 4.39 Å². The third kappa shape index (κ3) is 5.81. The summed E-state index contributed by atoms with van der Waals surface area (Å²) >= 11 is 0. The molecular weight excluding hydrogens is 459 g/mol. The smallest absolute Gasteiger partial charge is 0.407 e. The van der Waals surface area contributed by atoms with Crippen LogP contribution >= 0.6 is 0 Å². The van der Waals surface area contributed by atoms with E-state index in [0.29, 0.717) is 11.8 Å².